The molecule has 0 saturated heterocycles. The van der Waals surface area contributed by atoms with Gasteiger partial charge in [-0.25, -0.2) is 4.79 Å². The summed E-state index contributed by atoms with van der Waals surface area (Å²) in [5, 5.41) is 13.8. The Hall–Kier alpha value is -1.59. The second-order valence-corrected chi connectivity index (χ2v) is 9.23. The second-order valence-electron chi connectivity index (χ2n) is 9.23. The van der Waals surface area contributed by atoms with Gasteiger partial charge in [-0.2, -0.15) is 0 Å². The molecule has 0 aliphatic heterocycles. The number of nitrogens with one attached hydrogen (secondary N) is 1. The first kappa shape index (κ1) is 23.7. The minimum atomic E-state index is -0.651. The number of aliphatic hydroxyl groups is 1. The molecule has 0 heterocycles. The summed E-state index contributed by atoms with van der Waals surface area (Å²) >= 11 is 0. The maximum atomic E-state index is 12.5. The Kier molecular flexibility index (Phi) is 9.44. The summed E-state index contributed by atoms with van der Waals surface area (Å²) in [6.45, 7) is 7.90. The molecule has 1 fully saturated rings. The SMILES string of the molecule is CC[C@@H](O)[C@H](OCc1ccccc1)[C@H](CC1CCCCC1)NC(=O)OC(C)(C)C. The highest BCUT2D eigenvalue weighted by Crippen LogP contribution is 2.29. The van der Waals surface area contributed by atoms with E-state index in [0.29, 0.717) is 18.9 Å². The van der Waals surface area contributed by atoms with E-state index in [0.717, 1.165) is 12.0 Å². The summed E-state index contributed by atoms with van der Waals surface area (Å²) in [4.78, 5) is 12.5. The van der Waals surface area contributed by atoms with Crippen LogP contribution in [0.1, 0.15) is 78.2 Å². The van der Waals surface area contributed by atoms with Crippen molar-refractivity contribution in [2.75, 3.05) is 0 Å². The van der Waals surface area contributed by atoms with Crippen LogP contribution in [-0.4, -0.2) is 35.1 Å². The molecule has 0 unspecified atom stereocenters. The number of hydrogen-bond acceptors (Lipinski definition) is 4. The molecule has 5 heteroatoms. The third-order valence-electron chi connectivity index (χ3n) is 5.49. The topological polar surface area (TPSA) is 67.8 Å². The first-order valence-electron chi connectivity index (χ1n) is 11.1. The lowest BCUT2D eigenvalue weighted by molar-refractivity contribution is -0.0706. The fourth-order valence-electron chi connectivity index (χ4n) is 4.01. The average molecular weight is 406 g/mol. The molecular formula is C24H39NO4. The first-order chi connectivity index (χ1) is 13.8. The highest BCUT2D eigenvalue weighted by Gasteiger charge is 2.33. The fourth-order valence-corrected chi connectivity index (χ4v) is 4.01. The highest BCUT2D eigenvalue weighted by molar-refractivity contribution is 5.68. The molecule has 0 spiro atoms. The van der Waals surface area contributed by atoms with Gasteiger partial charge in [-0.15, -0.1) is 0 Å². The molecule has 1 saturated carbocycles. The van der Waals surface area contributed by atoms with Gasteiger partial charge in [0, 0.05) is 0 Å². The average Bonchev–Trinajstić information content (AvgIpc) is 2.68. The molecule has 0 aromatic heterocycles. The fraction of sp³-hybridized carbons (Fsp3) is 0.708. The van der Waals surface area contributed by atoms with Crippen LogP contribution in [0.25, 0.3) is 0 Å². The van der Waals surface area contributed by atoms with E-state index >= 15 is 0 Å². The molecule has 164 valence electrons. The second kappa shape index (κ2) is 11.6. The summed E-state index contributed by atoms with van der Waals surface area (Å²) in [6.07, 6.45) is 5.87. The Morgan fingerprint density at radius 2 is 1.83 bits per heavy atom. The summed E-state index contributed by atoms with van der Waals surface area (Å²) in [6, 6.07) is 9.65. The monoisotopic (exact) mass is 405 g/mol. The lowest BCUT2D eigenvalue weighted by Gasteiger charge is -2.35. The van der Waals surface area contributed by atoms with Crippen LogP contribution in [0, 0.1) is 5.92 Å². The van der Waals surface area contributed by atoms with E-state index in [-0.39, 0.29) is 6.04 Å². The van der Waals surface area contributed by atoms with Crippen LogP contribution in [0.4, 0.5) is 4.79 Å². The van der Waals surface area contributed by atoms with Gasteiger partial charge in [0.05, 0.1) is 18.8 Å². The number of carbonyl (C=O) groups excluding carboxylic acids is 1. The predicted molar refractivity (Wildman–Crippen MR) is 116 cm³/mol. The molecule has 0 radical (unpaired) electrons. The van der Waals surface area contributed by atoms with Crippen molar-refractivity contribution in [1.82, 2.24) is 5.32 Å². The van der Waals surface area contributed by atoms with Gasteiger partial charge in [0.2, 0.25) is 0 Å². The highest BCUT2D eigenvalue weighted by atomic mass is 16.6. The number of hydrogen-bond donors (Lipinski definition) is 2. The van der Waals surface area contributed by atoms with Crippen molar-refractivity contribution in [2.24, 2.45) is 5.92 Å². The van der Waals surface area contributed by atoms with Crippen LogP contribution in [0.15, 0.2) is 30.3 Å². The summed E-state index contributed by atoms with van der Waals surface area (Å²) in [5.41, 5.74) is 0.484. The van der Waals surface area contributed by atoms with Crippen LogP contribution < -0.4 is 5.32 Å². The lowest BCUT2D eigenvalue weighted by atomic mass is 9.83. The number of amides is 1. The van der Waals surface area contributed by atoms with Crippen LogP contribution in [-0.2, 0) is 16.1 Å². The number of rotatable bonds is 9. The summed E-state index contributed by atoms with van der Waals surface area (Å²) in [7, 11) is 0. The third-order valence-corrected chi connectivity index (χ3v) is 5.49. The van der Waals surface area contributed by atoms with E-state index in [9.17, 15) is 9.90 Å². The van der Waals surface area contributed by atoms with Crippen LogP contribution in [0.3, 0.4) is 0 Å². The molecule has 1 aromatic carbocycles. The molecular weight excluding hydrogens is 366 g/mol. The Morgan fingerprint density at radius 3 is 2.41 bits per heavy atom. The van der Waals surface area contributed by atoms with Gasteiger partial charge in [0.1, 0.15) is 11.7 Å². The largest absolute Gasteiger partial charge is 0.444 e. The zero-order chi connectivity index (χ0) is 21.3. The van der Waals surface area contributed by atoms with Crippen molar-refractivity contribution >= 4 is 6.09 Å². The quantitative estimate of drug-likeness (QED) is 0.592. The minimum Gasteiger partial charge on any atom is -0.444 e. The number of carbonyl (C=O) groups is 1. The van der Waals surface area contributed by atoms with E-state index in [1.165, 1.54) is 32.1 Å². The number of alkyl carbamates (subject to hydrolysis) is 1. The number of benzene rings is 1. The Labute approximate surface area is 176 Å². The van der Waals surface area contributed by atoms with Crippen molar-refractivity contribution in [3.05, 3.63) is 35.9 Å². The molecule has 1 aliphatic carbocycles. The zero-order valence-electron chi connectivity index (χ0n) is 18.5. The van der Waals surface area contributed by atoms with E-state index < -0.39 is 23.9 Å². The first-order valence-corrected chi connectivity index (χ1v) is 11.1. The van der Waals surface area contributed by atoms with Crippen molar-refractivity contribution in [3.8, 4) is 0 Å². The standard InChI is InChI=1S/C24H39NO4/c1-5-21(26)22(28-17-19-14-10-7-11-15-19)20(16-18-12-8-6-9-13-18)25-23(27)29-24(2,3)4/h7,10-11,14-15,18,20-22,26H,5-6,8-9,12-13,16-17H2,1-4H3,(H,25,27)/t20-,21+,22+/m0/s1. The molecule has 2 N–H and O–H groups in total. The predicted octanol–water partition coefficient (Wildman–Crippen LogP) is 5.21. The van der Waals surface area contributed by atoms with Crippen molar-refractivity contribution in [1.29, 1.82) is 0 Å². The van der Waals surface area contributed by atoms with Gasteiger partial charge in [-0.3, -0.25) is 0 Å². The van der Waals surface area contributed by atoms with E-state index in [1.54, 1.807) is 0 Å². The molecule has 1 amide bonds. The van der Waals surface area contributed by atoms with Crippen LogP contribution in [0.2, 0.25) is 0 Å². The Bertz CT molecular complexity index is 593. The van der Waals surface area contributed by atoms with Gasteiger partial charge in [0.15, 0.2) is 0 Å². The van der Waals surface area contributed by atoms with Crippen molar-refractivity contribution in [2.45, 2.75) is 103 Å². The van der Waals surface area contributed by atoms with Crippen molar-refractivity contribution in [3.63, 3.8) is 0 Å². The maximum absolute atomic E-state index is 12.5. The van der Waals surface area contributed by atoms with Crippen LogP contribution in [0.5, 0.6) is 0 Å². The number of aliphatic hydroxyl groups excluding tert-OH is 1. The van der Waals surface area contributed by atoms with Gasteiger partial charge in [0.25, 0.3) is 0 Å². The molecule has 3 atom stereocenters. The third kappa shape index (κ3) is 8.75. The molecule has 1 aromatic rings. The number of ether oxygens (including phenoxy) is 2. The van der Waals surface area contributed by atoms with Crippen LogP contribution >= 0.6 is 0 Å². The smallest absolute Gasteiger partial charge is 0.407 e. The Morgan fingerprint density at radius 1 is 1.17 bits per heavy atom. The Balaban J connectivity index is 2.13. The van der Waals surface area contributed by atoms with E-state index in [1.807, 2.05) is 58.0 Å². The molecule has 5 nitrogen and oxygen atoms in total. The normalized spacial score (nSPS) is 18.7. The molecule has 2 rings (SSSR count). The van der Waals surface area contributed by atoms with E-state index in [2.05, 4.69) is 5.32 Å². The zero-order valence-corrected chi connectivity index (χ0v) is 18.5. The summed E-state index contributed by atoms with van der Waals surface area (Å²) in [5.74, 6) is 0.538. The molecule has 1 aliphatic rings. The maximum Gasteiger partial charge on any atom is 0.407 e. The molecule has 0 bridgehead atoms. The van der Waals surface area contributed by atoms with Gasteiger partial charge >= 0.3 is 6.09 Å². The minimum absolute atomic E-state index is 0.286. The summed E-state index contributed by atoms with van der Waals surface area (Å²) < 4.78 is 11.7. The molecule has 29 heavy (non-hydrogen) atoms. The van der Waals surface area contributed by atoms with Gasteiger partial charge in [-0.05, 0) is 45.1 Å². The van der Waals surface area contributed by atoms with Crippen molar-refractivity contribution < 1.29 is 19.4 Å². The van der Waals surface area contributed by atoms with E-state index in [4.69, 9.17) is 9.47 Å². The van der Waals surface area contributed by atoms with Gasteiger partial charge in [-0.1, -0.05) is 69.4 Å². The van der Waals surface area contributed by atoms with Gasteiger partial charge < -0.3 is 19.9 Å². The lowest BCUT2D eigenvalue weighted by Crippen LogP contribution is -2.51.